The molecule has 0 bridgehead atoms. The lowest BCUT2D eigenvalue weighted by molar-refractivity contribution is -0.384. The largest absolute Gasteiger partial charge is 0.349 e. The number of hydrogen-bond donors (Lipinski definition) is 1. The van der Waals surface area contributed by atoms with Gasteiger partial charge in [0.2, 0.25) is 0 Å². The van der Waals surface area contributed by atoms with Crippen LogP contribution in [0, 0.1) is 21.8 Å². The minimum atomic E-state index is -0.745. The van der Waals surface area contributed by atoms with Crippen molar-refractivity contribution in [3.63, 3.8) is 0 Å². The summed E-state index contributed by atoms with van der Waals surface area (Å²) in [4.78, 5) is 21.7. The van der Waals surface area contributed by atoms with E-state index in [0.29, 0.717) is 5.92 Å². The van der Waals surface area contributed by atoms with Crippen molar-refractivity contribution < 1.29 is 14.1 Å². The molecule has 1 amide bonds. The van der Waals surface area contributed by atoms with E-state index in [4.69, 9.17) is 0 Å². The molecule has 1 saturated carbocycles. The van der Waals surface area contributed by atoms with E-state index in [1.807, 2.05) is 0 Å². The highest BCUT2D eigenvalue weighted by molar-refractivity contribution is 5.95. The number of carbonyl (C=O) groups excluding carboxylic acids is 1. The molecule has 6 heteroatoms. The Bertz CT molecular complexity index is 498. The minimum Gasteiger partial charge on any atom is -0.349 e. The molecule has 0 aromatic heterocycles. The van der Waals surface area contributed by atoms with Crippen molar-refractivity contribution in [2.24, 2.45) is 5.92 Å². The van der Waals surface area contributed by atoms with Crippen molar-refractivity contribution in [2.45, 2.75) is 25.8 Å². The van der Waals surface area contributed by atoms with Crippen LogP contribution in [0.15, 0.2) is 18.2 Å². The van der Waals surface area contributed by atoms with E-state index in [9.17, 15) is 19.3 Å². The SMILES string of the molecule is CC1CC(NC(=O)c2cc([N+](=O)[O-])ccc2F)C1. The van der Waals surface area contributed by atoms with Gasteiger partial charge in [0.25, 0.3) is 11.6 Å². The van der Waals surface area contributed by atoms with E-state index in [0.717, 1.165) is 31.0 Å². The molecule has 1 fully saturated rings. The Morgan fingerprint density at radius 3 is 2.72 bits per heavy atom. The quantitative estimate of drug-likeness (QED) is 0.662. The molecule has 1 aliphatic carbocycles. The van der Waals surface area contributed by atoms with Gasteiger partial charge in [-0.2, -0.15) is 0 Å². The molecule has 1 aromatic carbocycles. The van der Waals surface area contributed by atoms with Gasteiger partial charge in [0, 0.05) is 18.2 Å². The Morgan fingerprint density at radius 2 is 2.17 bits per heavy atom. The maximum atomic E-state index is 13.4. The standard InChI is InChI=1S/C12H13FN2O3/c1-7-4-8(5-7)14-12(16)10-6-9(15(17)18)2-3-11(10)13/h2-3,6-8H,4-5H2,1H3,(H,14,16). The van der Waals surface area contributed by atoms with Crippen LogP contribution in [0.3, 0.4) is 0 Å². The van der Waals surface area contributed by atoms with Gasteiger partial charge in [-0.25, -0.2) is 4.39 Å². The van der Waals surface area contributed by atoms with Gasteiger partial charge in [-0.05, 0) is 24.8 Å². The predicted octanol–water partition coefficient (Wildman–Crippen LogP) is 2.26. The number of carbonyl (C=O) groups is 1. The van der Waals surface area contributed by atoms with Crippen molar-refractivity contribution in [3.05, 3.63) is 39.7 Å². The molecule has 0 saturated heterocycles. The number of hydrogen-bond acceptors (Lipinski definition) is 3. The Morgan fingerprint density at radius 1 is 1.50 bits per heavy atom. The average Bonchev–Trinajstić information content (AvgIpc) is 2.27. The zero-order chi connectivity index (χ0) is 13.3. The van der Waals surface area contributed by atoms with Crippen LogP contribution in [0.2, 0.25) is 0 Å². The van der Waals surface area contributed by atoms with E-state index < -0.39 is 16.6 Å². The molecule has 96 valence electrons. The highest BCUT2D eigenvalue weighted by atomic mass is 19.1. The number of benzene rings is 1. The highest BCUT2D eigenvalue weighted by Gasteiger charge is 2.28. The van der Waals surface area contributed by atoms with Crippen LogP contribution in [-0.2, 0) is 0 Å². The molecule has 0 spiro atoms. The first-order chi connectivity index (χ1) is 8.47. The summed E-state index contributed by atoms with van der Waals surface area (Å²) in [5, 5.41) is 13.2. The van der Waals surface area contributed by atoms with Crippen molar-refractivity contribution >= 4 is 11.6 Å². The lowest BCUT2D eigenvalue weighted by Crippen LogP contribution is -2.43. The number of nitrogens with one attached hydrogen (secondary N) is 1. The molecule has 1 N–H and O–H groups in total. The summed E-state index contributed by atoms with van der Waals surface area (Å²) in [5.74, 6) is -0.774. The predicted molar refractivity (Wildman–Crippen MR) is 62.7 cm³/mol. The Balaban J connectivity index is 2.13. The van der Waals surface area contributed by atoms with E-state index in [-0.39, 0.29) is 17.3 Å². The Labute approximate surface area is 103 Å². The average molecular weight is 252 g/mol. The summed E-state index contributed by atoms with van der Waals surface area (Å²) in [6.45, 7) is 2.07. The first kappa shape index (κ1) is 12.5. The molecule has 0 radical (unpaired) electrons. The van der Waals surface area contributed by atoms with Gasteiger partial charge in [0.05, 0.1) is 10.5 Å². The molecular formula is C12H13FN2O3. The van der Waals surface area contributed by atoms with Gasteiger partial charge >= 0.3 is 0 Å². The smallest absolute Gasteiger partial charge is 0.270 e. The normalized spacial score (nSPS) is 22.1. The van der Waals surface area contributed by atoms with Crippen molar-refractivity contribution in [1.29, 1.82) is 0 Å². The number of amides is 1. The first-order valence-corrected chi connectivity index (χ1v) is 5.72. The molecule has 0 aliphatic heterocycles. The molecule has 1 aliphatic rings. The first-order valence-electron chi connectivity index (χ1n) is 5.72. The van der Waals surface area contributed by atoms with Gasteiger partial charge in [0.15, 0.2) is 0 Å². The van der Waals surface area contributed by atoms with Crippen molar-refractivity contribution in [3.8, 4) is 0 Å². The van der Waals surface area contributed by atoms with Crippen LogP contribution in [0.25, 0.3) is 0 Å². The van der Waals surface area contributed by atoms with Gasteiger partial charge in [-0.15, -0.1) is 0 Å². The lowest BCUT2D eigenvalue weighted by Gasteiger charge is -2.33. The van der Waals surface area contributed by atoms with E-state index >= 15 is 0 Å². The molecule has 0 unspecified atom stereocenters. The summed E-state index contributed by atoms with van der Waals surface area (Å²) in [6.07, 6.45) is 1.73. The molecule has 5 nitrogen and oxygen atoms in total. The van der Waals surface area contributed by atoms with E-state index in [1.54, 1.807) is 0 Å². The topological polar surface area (TPSA) is 72.2 Å². The number of rotatable bonds is 3. The number of halogens is 1. The van der Waals surface area contributed by atoms with Crippen LogP contribution < -0.4 is 5.32 Å². The summed E-state index contributed by atoms with van der Waals surface area (Å²) < 4.78 is 13.4. The maximum Gasteiger partial charge on any atom is 0.270 e. The van der Waals surface area contributed by atoms with Crippen LogP contribution in [-0.4, -0.2) is 16.9 Å². The van der Waals surface area contributed by atoms with Crippen LogP contribution in [0.1, 0.15) is 30.1 Å². The summed E-state index contributed by atoms with van der Waals surface area (Å²) in [5.41, 5.74) is -0.563. The Hall–Kier alpha value is -1.98. The van der Waals surface area contributed by atoms with Crippen molar-refractivity contribution in [1.82, 2.24) is 5.32 Å². The zero-order valence-corrected chi connectivity index (χ0v) is 9.85. The second-order valence-corrected chi connectivity index (χ2v) is 4.67. The second-order valence-electron chi connectivity index (χ2n) is 4.67. The van der Waals surface area contributed by atoms with Crippen LogP contribution in [0.5, 0.6) is 0 Å². The number of non-ortho nitro benzene ring substituents is 1. The number of nitro benzene ring substituents is 1. The molecule has 1 aromatic rings. The third-order valence-corrected chi connectivity index (χ3v) is 3.11. The van der Waals surface area contributed by atoms with Crippen LogP contribution >= 0.6 is 0 Å². The maximum absolute atomic E-state index is 13.4. The molecule has 18 heavy (non-hydrogen) atoms. The fourth-order valence-corrected chi connectivity index (χ4v) is 2.08. The fourth-order valence-electron chi connectivity index (χ4n) is 2.08. The zero-order valence-electron chi connectivity index (χ0n) is 9.85. The third kappa shape index (κ3) is 2.47. The number of nitro groups is 1. The summed E-state index contributed by atoms with van der Waals surface area (Å²) in [6, 6.07) is 2.99. The van der Waals surface area contributed by atoms with Crippen molar-refractivity contribution in [2.75, 3.05) is 0 Å². The summed E-state index contributed by atoms with van der Waals surface area (Å²) in [7, 11) is 0. The van der Waals surface area contributed by atoms with Gasteiger partial charge in [0.1, 0.15) is 5.82 Å². The fraction of sp³-hybridized carbons (Fsp3) is 0.417. The monoisotopic (exact) mass is 252 g/mol. The minimum absolute atomic E-state index is 0.0474. The number of nitrogens with zero attached hydrogens (tertiary/aromatic N) is 1. The Kier molecular flexibility index (Phi) is 3.27. The molecular weight excluding hydrogens is 239 g/mol. The van der Waals surface area contributed by atoms with Gasteiger partial charge in [-0.1, -0.05) is 6.92 Å². The third-order valence-electron chi connectivity index (χ3n) is 3.11. The van der Waals surface area contributed by atoms with Gasteiger partial charge < -0.3 is 5.32 Å². The molecule has 2 rings (SSSR count). The van der Waals surface area contributed by atoms with Crippen LogP contribution in [0.4, 0.5) is 10.1 Å². The second kappa shape index (κ2) is 4.72. The lowest BCUT2D eigenvalue weighted by atomic mass is 9.82. The van der Waals surface area contributed by atoms with E-state index in [2.05, 4.69) is 12.2 Å². The summed E-state index contributed by atoms with van der Waals surface area (Å²) >= 11 is 0. The molecule has 0 atom stereocenters. The highest BCUT2D eigenvalue weighted by Crippen LogP contribution is 2.27. The molecule has 0 heterocycles. The van der Waals surface area contributed by atoms with E-state index in [1.165, 1.54) is 0 Å². The van der Waals surface area contributed by atoms with Gasteiger partial charge in [-0.3, -0.25) is 14.9 Å².